The summed E-state index contributed by atoms with van der Waals surface area (Å²) in [7, 11) is 0. The van der Waals surface area contributed by atoms with E-state index in [1.165, 1.54) is 18.2 Å². The minimum Gasteiger partial charge on any atom is -0.294 e. The highest BCUT2D eigenvalue weighted by molar-refractivity contribution is 5.97. The topological polar surface area (TPSA) is 17.1 Å². The first-order valence-corrected chi connectivity index (χ1v) is 5.70. The molecule has 0 bridgehead atoms. The number of Topliss-reactive ketones (excluding diaryl/α,β-unsaturated/α-hetero) is 1. The largest absolute Gasteiger partial charge is 0.294 e. The Morgan fingerprint density at radius 3 is 2.42 bits per heavy atom. The smallest absolute Gasteiger partial charge is 0.170 e. The van der Waals surface area contributed by atoms with E-state index in [2.05, 4.69) is 0 Å². The van der Waals surface area contributed by atoms with Crippen molar-refractivity contribution in [3.8, 4) is 0 Å². The van der Waals surface area contributed by atoms with Crippen molar-refractivity contribution >= 4 is 5.78 Å². The van der Waals surface area contributed by atoms with Crippen molar-refractivity contribution in [3.63, 3.8) is 0 Å². The number of carbonyl (C=O) groups excluding carboxylic acids is 1. The fourth-order valence-electron chi connectivity index (χ4n) is 1.80. The van der Waals surface area contributed by atoms with Gasteiger partial charge < -0.3 is 0 Å². The van der Waals surface area contributed by atoms with Crippen molar-refractivity contribution in [1.82, 2.24) is 0 Å². The predicted octanol–water partition coefficient (Wildman–Crippen LogP) is 3.84. The van der Waals surface area contributed by atoms with Crippen LogP contribution < -0.4 is 0 Å². The van der Waals surface area contributed by atoms with Gasteiger partial charge in [0, 0.05) is 6.42 Å². The monoisotopic (exact) mass is 264 g/mol. The van der Waals surface area contributed by atoms with Crippen LogP contribution in [0.25, 0.3) is 0 Å². The van der Waals surface area contributed by atoms with Crippen LogP contribution in [0.15, 0.2) is 36.4 Å². The van der Waals surface area contributed by atoms with E-state index in [4.69, 9.17) is 0 Å². The van der Waals surface area contributed by atoms with E-state index in [9.17, 15) is 18.0 Å². The summed E-state index contributed by atoms with van der Waals surface area (Å²) in [5, 5.41) is 0. The first-order valence-electron chi connectivity index (χ1n) is 5.70. The minimum atomic E-state index is -0.678. The molecule has 0 radical (unpaired) electrons. The van der Waals surface area contributed by atoms with Gasteiger partial charge in [-0.1, -0.05) is 11.6 Å². The summed E-state index contributed by atoms with van der Waals surface area (Å²) in [6.07, 6.45) is -0.371. The lowest BCUT2D eigenvalue weighted by molar-refractivity contribution is 0.0988. The fraction of sp³-hybridized carbons (Fsp3) is 0.133. The molecular weight excluding hydrogens is 253 g/mol. The van der Waals surface area contributed by atoms with Crippen LogP contribution in [0.3, 0.4) is 0 Å². The van der Waals surface area contributed by atoms with Gasteiger partial charge in [0.15, 0.2) is 5.78 Å². The molecule has 19 heavy (non-hydrogen) atoms. The molecular formula is C15H11F3O. The number of ketones is 1. The molecule has 0 spiro atoms. The second kappa shape index (κ2) is 5.26. The van der Waals surface area contributed by atoms with E-state index in [0.29, 0.717) is 0 Å². The normalized spacial score (nSPS) is 10.5. The summed E-state index contributed by atoms with van der Waals surface area (Å²) in [6, 6.07) is 6.98. The lowest BCUT2D eigenvalue weighted by Gasteiger charge is -2.05. The molecule has 98 valence electrons. The van der Waals surface area contributed by atoms with Crippen LogP contribution >= 0.6 is 0 Å². The van der Waals surface area contributed by atoms with E-state index in [1.54, 1.807) is 6.92 Å². The third-order valence-electron chi connectivity index (χ3n) is 2.78. The quantitative estimate of drug-likeness (QED) is 0.770. The molecule has 0 saturated carbocycles. The summed E-state index contributed by atoms with van der Waals surface area (Å²) in [5.74, 6) is -2.55. The average Bonchev–Trinajstić information content (AvgIpc) is 2.36. The summed E-state index contributed by atoms with van der Waals surface area (Å²) < 4.78 is 39.9. The molecule has 2 aromatic rings. The molecule has 4 heteroatoms. The predicted molar refractivity (Wildman–Crippen MR) is 65.5 cm³/mol. The Kier molecular flexibility index (Phi) is 3.69. The second-order valence-corrected chi connectivity index (χ2v) is 4.32. The van der Waals surface area contributed by atoms with E-state index in [1.807, 2.05) is 0 Å². The van der Waals surface area contributed by atoms with Crippen LogP contribution in [0.5, 0.6) is 0 Å². The van der Waals surface area contributed by atoms with E-state index in [0.717, 1.165) is 23.8 Å². The maximum absolute atomic E-state index is 13.5. The Morgan fingerprint density at radius 2 is 1.68 bits per heavy atom. The molecule has 0 N–H and O–H groups in total. The molecule has 0 amide bonds. The first kappa shape index (κ1) is 13.3. The number of rotatable bonds is 3. The molecule has 0 aliphatic rings. The molecule has 0 saturated heterocycles. The van der Waals surface area contributed by atoms with Crippen molar-refractivity contribution in [2.24, 2.45) is 0 Å². The van der Waals surface area contributed by atoms with Gasteiger partial charge in [0.2, 0.25) is 0 Å². The number of halogens is 3. The van der Waals surface area contributed by atoms with Gasteiger partial charge in [0.1, 0.15) is 17.5 Å². The van der Waals surface area contributed by atoms with Crippen LogP contribution in [0, 0.1) is 24.4 Å². The molecule has 2 aromatic carbocycles. The number of hydrogen-bond acceptors (Lipinski definition) is 1. The van der Waals surface area contributed by atoms with Crippen molar-refractivity contribution < 1.29 is 18.0 Å². The Hall–Kier alpha value is -2.10. The van der Waals surface area contributed by atoms with Gasteiger partial charge in [-0.15, -0.1) is 0 Å². The Labute approximate surface area is 108 Å². The molecule has 0 unspecified atom stereocenters. The fourth-order valence-corrected chi connectivity index (χ4v) is 1.80. The van der Waals surface area contributed by atoms with Crippen molar-refractivity contribution in [2.45, 2.75) is 13.3 Å². The number of benzene rings is 2. The molecule has 2 rings (SSSR count). The van der Waals surface area contributed by atoms with Gasteiger partial charge in [-0.3, -0.25) is 4.79 Å². The minimum absolute atomic E-state index is 0.0779. The molecule has 0 aliphatic carbocycles. The molecule has 0 heterocycles. The van der Waals surface area contributed by atoms with Crippen molar-refractivity contribution in [3.05, 3.63) is 70.5 Å². The highest BCUT2D eigenvalue weighted by Crippen LogP contribution is 2.16. The van der Waals surface area contributed by atoms with Gasteiger partial charge in [0.25, 0.3) is 0 Å². The number of aryl methyl sites for hydroxylation is 1. The van der Waals surface area contributed by atoms with E-state index in [-0.39, 0.29) is 17.5 Å². The summed E-state index contributed by atoms with van der Waals surface area (Å²) >= 11 is 0. The van der Waals surface area contributed by atoms with E-state index < -0.39 is 23.2 Å². The highest BCUT2D eigenvalue weighted by atomic mass is 19.1. The van der Waals surface area contributed by atoms with Gasteiger partial charge in [-0.25, -0.2) is 13.2 Å². The van der Waals surface area contributed by atoms with Gasteiger partial charge in [-0.2, -0.15) is 0 Å². The van der Waals surface area contributed by atoms with Crippen LogP contribution in [0.2, 0.25) is 0 Å². The Balaban J connectivity index is 2.30. The second-order valence-electron chi connectivity index (χ2n) is 4.32. The third kappa shape index (κ3) is 3.02. The Bertz CT molecular complexity index is 635. The molecule has 0 aromatic heterocycles. The summed E-state index contributed by atoms with van der Waals surface area (Å²) in [4.78, 5) is 11.9. The van der Waals surface area contributed by atoms with Crippen LogP contribution in [-0.4, -0.2) is 5.78 Å². The zero-order valence-corrected chi connectivity index (χ0v) is 10.2. The zero-order valence-electron chi connectivity index (χ0n) is 10.2. The SMILES string of the molecule is Cc1ccc(F)c(C(=O)Cc2cc(F)ccc2F)c1. The maximum Gasteiger partial charge on any atom is 0.170 e. The van der Waals surface area contributed by atoms with Crippen LogP contribution in [-0.2, 0) is 6.42 Å². The van der Waals surface area contributed by atoms with Crippen LogP contribution in [0.1, 0.15) is 21.5 Å². The average molecular weight is 264 g/mol. The Morgan fingerprint density at radius 1 is 1.00 bits per heavy atom. The van der Waals surface area contributed by atoms with Gasteiger partial charge in [-0.05, 0) is 42.8 Å². The molecule has 0 atom stereocenters. The molecule has 0 fully saturated rings. The molecule has 0 aliphatic heterocycles. The number of carbonyl (C=O) groups is 1. The summed E-state index contributed by atoms with van der Waals surface area (Å²) in [5.41, 5.74) is 0.541. The van der Waals surface area contributed by atoms with Crippen molar-refractivity contribution in [2.75, 3.05) is 0 Å². The maximum atomic E-state index is 13.5. The third-order valence-corrected chi connectivity index (χ3v) is 2.78. The summed E-state index contributed by atoms with van der Waals surface area (Å²) in [6.45, 7) is 1.72. The molecule has 1 nitrogen and oxygen atoms in total. The number of hydrogen-bond donors (Lipinski definition) is 0. The standard InChI is InChI=1S/C15H11F3O/c1-9-2-4-14(18)12(6-9)15(19)8-10-7-11(16)3-5-13(10)17/h2-7H,8H2,1H3. The van der Waals surface area contributed by atoms with Gasteiger partial charge >= 0.3 is 0 Å². The first-order chi connectivity index (χ1) is 8.97. The lowest BCUT2D eigenvalue weighted by atomic mass is 10.0. The zero-order chi connectivity index (χ0) is 14.0. The van der Waals surface area contributed by atoms with Gasteiger partial charge in [0.05, 0.1) is 5.56 Å². The lowest BCUT2D eigenvalue weighted by Crippen LogP contribution is -2.08. The van der Waals surface area contributed by atoms with E-state index >= 15 is 0 Å². The highest BCUT2D eigenvalue weighted by Gasteiger charge is 2.15. The van der Waals surface area contributed by atoms with Crippen LogP contribution in [0.4, 0.5) is 13.2 Å². The van der Waals surface area contributed by atoms with Crippen molar-refractivity contribution in [1.29, 1.82) is 0 Å².